The monoisotopic (exact) mass is 332 g/mol. The molecule has 7 heteroatoms. The smallest absolute Gasteiger partial charge is 0.257 e. The van der Waals surface area contributed by atoms with Crippen LogP contribution in [0, 0.1) is 13.8 Å². The summed E-state index contributed by atoms with van der Waals surface area (Å²) < 4.78 is 0.866. The van der Waals surface area contributed by atoms with Crippen molar-refractivity contribution in [1.82, 2.24) is 15.2 Å². The molecular weight excluding hydrogens is 316 g/mol. The number of anilines is 1. The molecule has 0 radical (unpaired) electrons. The fourth-order valence-corrected chi connectivity index (χ4v) is 3.86. The molecule has 2 N–H and O–H groups in total. The van der Waals surface area contributed by atoms with Gasteiger partial charge in [0.05, 0.1) is 0 Å². The van der Waals surface area contributed by atoms with Gasteiger partial charge in [-0.15, -0.1) is 10.2 Å². The Balaban J connectivity index is 1.83. The zero-order valence-corrected chi connectivity index (χ0v) is 14.2. The molecule has 0 aliphatic heterocycles. The highest BCUT2D eigenvalue weighted by Crippen LogP contribution is 2.26. The van der Waals surface area contributed by atoms with Gasteiger partial charge >= 0.3 is 0 Å². The van der Waals surface area contributed by atoms with Gasteiger partial charge in [-0.1, -0.05) is 30.0 Å². The number of aryl methyl sites for hydroxylation is 2. The van der Waals surface area contributed by atoms with Crippen LogP contribution in [0.3, 0.4) is 0 Å². The van der Waals surface area contributed by atoms with Gasteiger partial charge in [0.25, 0.3) is 5.91 Å². The van der Waals surface area contributed by atoms with E-state index >= 15 is 0 Å². The van der Waals surface area contributed by atoms with Crippen molar-refractivity contribution >= 4 is 45.0 Å². The molecular formula is C15H16N4OS2. The van der Waals surface area contributed by atoms with Gasteiger partial charge in [0.15, 0.2) is 4.34 Å². The van der Waals surface area contributed by atoms with Gasteiger partial charge in [0.2, 0.25) is 5.13 Å². The summed E-state index contributed by atoms with van der Waals surface area (Å²) >= 11 is 3.01. The molecule has 2 heterocycles. The lowest BCUT2D eigenvalue weighted by Crippen LogP contribution is -2.11. The number of nitrogens with one attached hydrogen (secondary N) is 2. The molecule has 3 rings (SSSR count). The standard InChI is InChI=1S/C15H16N4OS2/c1-4-21-15-19-18-14(22-15)17-13(20)10-5-6-12-11(7-10)8(2)9(3)16-12/h5-7,16H,4H2,1-3H3,(H,17,18,20). The Morgan fingerprint density at radius 2 is 2.18 bits per heavy atom. The average Bonchev–Trinajstić information content (AvgIpc) is 3.05. The van der Waals surface area contributed by atoms with Crippen molar-refractivity contribution in [3.8, 4) is 0 Å². The van der Waals surface area contributed by atoms with Gasteiger partial charge in [-0.2, -0.15) is 0 Å². The summed E-state index contributed by atoms with van der Waals surface area (Å²) in [5.74, 6) is 0.773. The van der Waals surface area contributed by atoms with Crippen molar-refractivity contribution in [2.24, 2.45) is 0 Å². The minimum absolute atomic E-state index is 0.163. The minimum atomic E-state index is -0.163. The van der Waals surface area contributed by atoms with Crippen LogP contribution in [0.4, 0.5) is 5.13 Å². The molecule has 22 heavy (non-hydrogen) atoms. The van der Waals surface area contributed by atoms with E-state index in [0.717, 1.165) is 26.7 Å². The maximum Gasteiger partial charge on any atom is 0.257 e. The maximum absolute atomic E-state index is 12.4. The van der Waals surface area contributed by atoms with E-state index in [2.05, 4.69) is 34.3 Å². The van der Waals surface area contributed by atoms with Gasteiger partial charge in [-0.05, 0) is 43.4 Å². The van der Waals surface area contributed by atoms with E-state index in [9.17, 15) is 4.79 Å². The van der Waals surface area contributed by atoms with Gasteiger partial charge in [0.1, 0.15) is 0 Å². The minimum Gasteiger partial charge on any atom is -0.358 e. The highest BCUT2D eigenvalue weighted by Gasteiger charge is 2.12. The number of H-pyrrole nitrogens is 1. The largest absolute Gasteiger partial charge is 0.358 e. The number of amides is 1. The molecule has 114 valence electrons. The quantitative estimate of drug-likeness (QED) is 0.559. The molecule has 0 saturated heterocycles. The van der Waals surface area contributed by atoms with E-state index in [1.54, 1.807) is 11.8 Å². The Kier molecular flexibility index (Phi) is 4.17. The van der Waals surface area contributed by atoms with Gasteiger partial charge in [-0.25, -0.2) is 0 Å². The summed E-state index contributed by atoms with van der Waals surface area (Å²) in [6.45, 7) is 6.14. The number of carbonyl (C=O) groups excluding carboxylic acids is 1. The van der Waals surface area contributed by atoms with Gasteiger partial charge in [-0.3, -0.25) is 10.1 Å². The molecule has 0 spiro atoms. The Hall–Kier alpha value is -1.86. The highest BCUT2D eigenvalue weighted by molar-refractivity contribution is 8.01. The Morgan fingerprint density at radius 1 is 1.36 bits per heavy atom. The number of aromatic nitrogens is 3. The fraction of sp³-hybridized carbons (Fsp3) is 0.267. The summed E-state index contributed by atoms with van der Waals surface area (Å²) in [6, 6.07) is 5.66. The lowest BCUT2D eigenvalue weighted by molar-refractivity contribution is 0.102. The number of nitrogens with zero attached hydrogens (tertiary/aromatic N) is 2. The summed E-state index contributed by atoms with van der Waals surface area (Å²) in [5, 5.41) is 12.4. The van der Waals surface area contributed by atoms with Gasteiger partial charge in [0, 0.05) is 22.2 Å². The van der Waals surface area contributed by atoms with E-state index in [0.29, 0.717) is 10.7 Å². The van der Waals surface area contributed by atoms with E-state index in [1.165, 1.54) is 16.9 Å². The Labute approximate surface area is 136 Å². The van der Waals surface area contributed by atoms with Crippen LogP contribution in [0.15, 0.2) is 22.5 Å². The molecule has 0 aliphatic rings. The van der Waals surface area contributed by atoms with Crippen molar-refractivity contribution in [3.05, 3.63) is 35.0 Å². The Bertz CT molecular complexity index is 837. The fourth-order valence-electron chi connectivity index (χ4n) is 2.21. The summed E-state index contributed by atoms with van der Waals surface area (Å²) in [7, 11) is 0. The van der Waals surface area contributed by atoms with Crippen LogP contribution in [-0.2, 0) is 0 Å². The first-order chi connectivity index (χ1) is 10.6. The first-order valence-electron chi connectivity index (χ1n) is 6.95. The number of benzene rings is 1. The van der Waals surface area contributed by atoms with Crippen LogP contribution in [0.5, 0.6) is 0 Å². The molecule has 0 fully saturated rings. The third-order valence-electron chi connectivity index (χ3n) is 3.47. The second-order valence-corrected chi connectivity index (χ2v) is 7.38. The van der Waals surface area contributed by atoms with E-state index < -0.39 is 0 Å². The molecule has 1 aromatic carbocycles. The number of carbonyl (C=O) groups is 1. The van der Waals surface area contributed by atoms with Crippen LogP contribution in [0.25, 0.3) is 10.9 Å². The third kappa shape index (κ3) is 2.86. The summed E-state index contributed by atoms with van der Waals surface area (Å²) in [5.41, 5.74) is 3.96. The molecule has 2 aromatic heterocycles. The zero-order chi connectivity index (χ0) is 15.7. The van der Waals surface area contributed by atoms with Gasteiger partial charge < -0.3 is 4.98 Å². The number of hydrogen-bond donors (Lipinski definition) is 2. The van der Waals surface area contributed by atoms with Crippen molar-refractivity contribution < 1.29 is 4.79 Å². The SMILES string of the molecule is CCSc1nnc(NC(=O)c2ccc3[nH]c(C)c(C)c3c2)s1. The van der Waals surface area contributed by atoms with Crippen molar-refractivity contribution in [2.75, 3.05) is 11.1 Å². The highest BCUT2D eigenvalue weighted by atomic mass is 32.2. The number of thioether (sulfide) groups is 1. The van der Waals surface area contributed by atoms with E-state index in [1.807, 2.05) is 25.1 Å². The molecule has 0 aliphatic carbocycles. The topological polar surface area (TPSA) is 70.7 Å². The van der Waals surface area contributed by atoms with Crippen LogP contribution in [0.1, 0.15) is 28.5 Å². The van der Waals surface area contributed by atoms with Crippen LogP contribution >= 0.6 is 23.1 Å². The lowest BCUT2D eigenvalue weighted by Gasteiger charge is -2.02. The zero-order valence-electron chi connectivity index (χ0n) is 12.6. The van der Waals surface area contributed by atoms with Crippen LogP contribution in [-0.4, -0.2) is 26.8 Å². The predicted octanol–water partition coefficient (Wildman–Crippen LogP) is 4.00. The first kappa shape index (κ1) is 15.1. The number of hydrogen-bond acceptors (Lipinski definition) is 5. The van der Waals surface area contributed by atoms with Crippen molar-refractivity contribution in [1.29, 1.82) is 0 Å². The third-order valence-corrected chi connectivity index (χ3v) is 5.32. The summed E-state index contributed by atoms with van der Waals surface area (Å²) in [6.07, 6.45) is 0. The average molecular weight is 332 g/mol. The molecule has 0 saturated carbocycles. The van der Waals surface area contributed by atoms with E-state index in [4.69, 9.17) is 0 Å². The number of rotatable bonds is 4. The first-order valence-corrected chi connectivity index (χ1v) is 8.75. The normalized spacial score (nSPS) is 11.0. The number of aromatic amines is 1. The van der Waals surface area contributed by atoms with Crippen molar-refractivity contribution in [3.63, 3.8) is 0 Å². The van der Waals surface area contributed by atoms with E-state index in [-0.39, 0.29) is 5.91 Å². The molecule has 1 amide bonds. The summed E-state index contributed by atoms with van der Waals surface area (Å²) in [4.78, 5) is 15.7. The lowest BCUT2D eigenvalue weighted by atomic mass is 10.1. The number of fused-ring (bicyclic) bond motifs is 1. The molecule has 0 bridgehead atoms. The predicted molar refractivity (Wildman–Crippen MR) is 92.0 cm³/mol. The molecule has 5 nitrogen and oxygen atoms in total. The molecule has 3 aromatic rings. The second kappa shape index (κ2) is 6.10. The molecule has 0 atom stereocenters. The Morgan fingerprint density at radius 3 is 2.95 bits per heavy atom. The molecule has 0 unspecified atom stereocenters. The van der Waals surface area contributed by atoms with Crippen molar-refractivity contribution in [2.45, 2.75) is 25.1 Å². The maximum atomic E-state index is 12.4. The van der Waals surface area contributed by atoms with Crippen LogP contribution < -0.4 is 5.32 Å². The van der Waals surface area contributed by atoms with Crippen LogP contribution in [0.2, 0.25) is 0 Å². The second-order valence-electron chi connectivity index (χ2n) is 4.90.